The zero-order chi connectivity index (χ0) is 12.4. The van der Waals surface area contributed by atoms with Crippen LogP contribution in [0.3, 0.4) is 0 Å². The third kappa shape index (κ3) is 2.88. The number of hydrogen-bond acceptors (Lipinski definition) is 4. The number of anilines is 1. The molecular formula is C11H15ClFN3O2. The largest absolute Gasteiger partial charge is 0.363 e. The minimum Gasteiger partial charge on any atom is -0.363 e. The van der Waals surface area contributed by atoms with Crippen molar-refractivity contribution >= 4 is 23.8 Å². The molecule has 0 bridgehead atoms. The average molecular weight is 276 g/mol. The maximum absolute atomic E-state index is 13.7. The lowest BCUT2D eigenvalue weighted by Gasteiger charge is -2.31. The van der Waals surface area contributed by atoms with Crippen molar-refractivity contribution in [3.8, 4) is 0 Å². The van der Waals surface area contributed by atoms with Crippen LogP contribution in [0.4, 0.5) is 15.8 Å². The smallest absolute Gasteiger partial charge is 0.295 e. The van der Waals surface area contributed by atoms with Crippen LogP contribution in [-0.2, 0) is 0 Å². The van der Waals surface area contributed by atoms with Gasteiger partial charge in [-0.3, -0.25) is 10.1 Å². The van der Waals surface area contributed by atoms with E-state index in [1.54, 1.807) is 4.90 Å². The maximum atomic E-state index is 13.7. The van der Waals surface area contributed by atoms with Crippen LogP contribution >= 0.6 is 12.4 Å². The lowest BCUT2D eigenvalue weighted by atomic mass is 10.0. The second kappa shape index (κ2) is 5.97. The fourth-order valence-electron chi connectivity index (χ4n) is 2.09. The van der Waals surface area contributed by atoms with Gasteiger partial charge in [0.1, 0.15) is 0 Å². The summed E-state index contributed by atoms with van der Waals surface area (Å²) in [6, 6.07) is 4.04. The number of para-hydroxylation sites is 1. The molecule has 1 aliphatic rings. The van der Waals surface area contributed by atoms with E-state index in [2.05, 4.69) is 0 Å². The van der Waals surface area contributed by atoms with Crippen molar-refractivity contribution in [3.05, 3.63) is 34.1 Å². The van der Waals surface area contributed by atoms with Gasteiger partial charge in [0.05, 0.1) is 4.92 Å². The zero-order valence-corrected chi connectivity index (χ0v) is 10.5. The first-order valence-electron chi connectivity index (χ1n) is 5.53. The molecule has 1 heterocycles. The molecule has 0 spiro atoms. The molecule has 7 heteroatoms. The molecule has 0 aromatic heterocycles. The van der Waals surface area contributed by atoms with Crippen LogP contribution in [0, 0.1) is 15.9 Å². The van der Waals surface area contributed by atoms with Gasteiger partial charge in [-0.1, -0.05) is 6.07 Å². The fourth-order valence-corrected chi connectivity index (χ4v) is 2.09. The number of nitrogens with two attached hydrogens (primary N) is 1. The molecule has 2 rings (SSSR count). The van der Waals surface area contributed by atoms with Crippen LogP contribution < -0.4 is 10.6 Å². The van der Waals surface area contributed by atoms with Crippen molar-refractivity contribution in [2.24, 2.45) is 5.73 Å². The topological polar surface area (TPSA) is 72.4 Å². The van der Waals surface area contributed by atoms with Crippen molar-refractivity contribution in [2.45, 2.75) is 18.9 Å². The van der Waals surface area contributed by atoms with E-state index < -0.39 is 10.7 Å². The molecule has 0 atom stereocenters. The molecule has 1 fully saturated rings. The molecular weight excluding hydrogens is 261 g/mol. The highest BCUT2D eigenvalue weighted by atomic mass is 35.5. The van der Waals surface area contributed by atoms with Crippen LogP contribution in [0.2, 0.25) is 0 Å². The second-order valence-corrected chi connectivity index (χ2v) is 4.19. The van der Waals surface area contributed by atoms with Gasteiger partial charge in [0.25, 0.3) is 5.69 Å². The third-order valence-corrected chi connectivity index (χ3v) is 3.02. The normalized spacial score (nSPS) is 16.2. The summed E-state index contributed by atoms with van der Waals surface area (Å²) in [5, 5.41) is 10.9. The zero-order valence-electron chi connectivity index (χ0n) is 9.71. The Hall–Kier alpha value is -1.40. The summed E-state index contributed by atoms with van der Waals surface area (Å²) in [5.74, 6) is -0.547. The Morgan fingerprint density at radius 3 is 2.56 bits per heavy atom. The second-order valence-electron chi connectivity index (χ2n) is 4.19. The summed E-state index contributed by atoms with van der Waals surface area (Å²) in [7, 11) is 0. The molecule has 2 N–H and O–H groups in total. The number of nitrogens with zero attached hydrogens (tertiary/aromatic N) is 2. The van der Waals surface area contributed by atoms with Gasteiger partial charge in [-0.05, 0) is 18.9 Å². The van der Waals surface area contributed by atoms with Crippen molar-refractivity contribution in [3.63, 3.8) is 0 Å². The predicted octanol–water partition coefficient (Wildman–Crippen LogP) is 2.08. The van der Waals surface area contributed by atoms with Crippen LogP contribution in [0.5, 0.6) is 0 Å². The van der Waals surface area contributed by atoms with E-state index in [-0.39, 0.29) is 29.8 Å². The van der Waals surface area contributed by atoms with Gasteiger partial charge in [0.15, 0.2) is 11.5 Å². The lowest BCUT2D eigenvalue weighted by Crippen LogP contribution is -2.40. The summed E-state index contributed by atoms with van der Waals surface area (Å²) in [4.78, 5) is 12.0. The summed E-state index contributed by atoms with van der Waals surface area (Å²) in [6.45, 7) is 1.12. The van der Waals surface area contributed by atoms with Gasteiger partial charge in [-0.25, -0.2) is 4.39 Å². The Labute approximate surface area is 110 Å². The van der Waals surface area contributed by atoms with Crippen molar-refractivity contribution in [1.29, 1.82) is 0 Å². The minimum atomic E-state index is -0.549. The van der Waals surface area contributed by atoms with Gasteiger partial charge in [0, 0.05) is 25.2 Å². The molecule has 1 aromatic rings. The van der Waals surface area contributed by atoms with Gasteiger partial charge < -0.3 is 10.6 Å². The first-order chi connectivity index (χ1) is 8.09. The van der Waals surface area contributed by atoms with E-state index >= 15 is 0 Å². The number of halogens is 2. The lowest BCUT2D eigenvalue weighted by molar-refractivity contribution is -0.384. The number of hydrogen-bond donors (Lipinski definition) is 1. The summed E-state index contributed by atoms with van der Waals surface area (Å²) in [6.07, 6.45) is 1.46. The monoisotopic (exact) mass is 275 g/mol. The number of benzene rings is 1. The van der Waals surface area contributed by atoms with Crippen molar-refractivity contribution in [2.75, 3.05) is 18.0 Å². The fraction of sp³-hybridized carbons (Fsp3) is 0.455. The maximum Gasteiger partial charge on any atom is 0.295 e. The SMILES string of the molecule is Cl.NC1CCN(c2c(F)cccc2[N+](=O)[O-])CC1. The molecule has 0 unspecified atom stereocenters. The average Bonchev–Trinajstić information content (AvgIpc) is 2.30. The van der Waals surface area contributed by atoms with Crippen molar-refractivity contribution < 1.29 is 9.31 Å². The highest BCUT2D eigenvalue weighted by Gasteiger charge is 2.26. The number of piperidine rings is 1. The molecule has 0 amide bonds. The molecule has 0 aliphatic carbocycles. The van der Waals surface area contributed by atoms with Gasteiger partial charge in [-0.15, -0.1) is 12.4 Å². The highest BCUT2D eigenvalue weighted by Crippen LogP contribution is 2.32. The molecule has 100 valence electrons. The Bertz CT molecular complexity index is 436. The van der Waals surface area contributed by atoms with Gasteiger partial charge >= 0.3 is 0 Å². The Balaban J connectivity index is 0.00000162. The van der Waals surface area contributed by atoms with E-state index in [0.717, 1.165) is 12.8 Å². The molecule has 1 saturated heterocycles. The third-order valence-electron chi connectivity index (χ3n) is 3.02. The first kappa shape index (κ1) is 14.7. The number of rotatable bonds is 2. The summed E-state index contributed by atoms with van der Waals surface area (Å²) in [5.41, 5.74) is 5.66. The summed E-state index contributed by atoms with van der Waals surface area (Å²) < 4.78 is 13.7. The Kier molecular flexibility index (Phi) is 4.86. The van der Waals surface area contributed by atoms with E-state index in [1.165, 1.54) is 18.2 Å². The number of nitro groups is 1. The van der Waals surface area contributed by atoms with E-state index in [4.69, 9.17) is 5.73 Å². The molecule has 1 aliphatic heterocycles. The van der Waals surface area contributed by atoms with Crippen LogP contribution in [-0.4, -0.2) is 24.1 Å². The van der Waals surface area contributed by atoms with Crippen LogP contribution in [0.25, 0.3) is 0 Å². The molecule has 1 aromatic carbocycles. The molecule has 0 saturated carbocycles. The molecule has 5 nitrogen and oxygen atoms in total. The number of nitro benzene ring substituents is 1. The van der Waals surface area contributed by atoms with Gasteiger partial charge in [0.2, 0.25) is 0 Å². The Morgan fingerprint density at radius 1 is 1.39 bits per heavy atom. The van der Waals surface area contributed by atoms with Crippen LogP contribution in [0.1, 0.15) is 12.8 Å². The quantitative estimate of drug-likeness (QED) is 0.662. The summed E-state index contributed by atoms with van der Waals surface area (Å²) >= 11 is 0. The van der Waals surface area contributed by atoms with E-state index in [1.807, 2.05) is 0 Å². The van der Waals surface area contributed by atoms with E-state index in [0.29, 0.717) is 13.1 Å². The first-order valence-corrected chi connectivity index (χ1v) is 5.53. The predicted molar refractivity (Wildman–Crippen MR) is 69.7 cm³/mol. The molecule has 0 radical (unpaired) electrons. The minimum absolute atomic E-state index is 0. The standard InChI is InChI=1S/C11H14FN3O2.ClH/c12-9-2-1-3-10(15(16)17)11(9)14-6-4-8(13)5-7-14;/h1-3,8H,4-7,13H2;1H. The van der Waals surface area contributed by atoms with Gasteiger partial charge in [-0.2, -0.15) is 0 Å². The Morgan fingerprint density at radius 2 is 2.00 bits per heavy atom. The van der Waals surface area contributed by atoms with Crippen LogP contribution in [0.15, 0.2) is 18.2 Å². The molecule has 18 heavy (non-hydrogen) atoms. The highest BCUT2D eigenvalue weighted by molar-refractivity contribution is 5.85. The van der Waals surface area contributed by atoms with Crippen molar-refractivity contribution in [1.82, 2.24) is 0 Å². The van der Waals surface area contributed by atoms with E-state index in [9.17, 15) is 14.5 Å².